The number of aromatic nitrogens is 2. The van der Waals surface area contributed by atoms with E-state index >= 15 is 0 Å². The second-order valence-corrected chi connectivity index (χ2v) is 7.50. The summed E-state index contributed by atoms with van der Waals surface area (Å²) in [5.74, 6) is 0. The van der Waals surface area contributed by atoms with Crippen LogP contribution in [0.25, 0.3) is 10.9 Å². The van der Waals surface area contributed by atoms with E-state index in [4.69, 9.17) is 0 Å². The minimum atomic E-state index is 0.929. The molecule has 4 nitrogen and oxygen atoms in total. The Balaban J connectivity index is 1.22. The average molecular weight is 340 g/mol. The zero-order valence-electron chi connectivity index (χ0n) is 13.9. The molecule has 1 aliphatic heterocycles. The molecule has 1 saturated heterocycles. The molecular formula is C19H24N4S. The van der Waals surface area contributed by atoms with Gasteiger partial charge in [-0.2, -0.15) is 0 Å². The Labute approximate surface area is 147 Å². The Morgan fingerprint density at radius 2 is 2.00 bits per heavy atom. The van der Waals surface area contributed by atoms with Gasteiger partial charge in [0.15, 0.2) is 5.13 Å². The number of hydrogen-bond donors (Lipinski definition) is 1. The summed E-state index contributed by atoms with van der Waals surface area (Å²) in [7, 11) is 0. The van der Waals surface area contributed by atoms with Gasteiger partial charge in [-0.05, 0) is 43.3 Å². The summed E-state index contributed by atoms with van der Waals surface area (Å²) in [5.41, 5.74) is 1.33. The van der Waals surface area contributed by atoms with Crippen LogP contribution < -0.4 is 10.2 Å². The quantitative estimate of drug-likeness (QED) is 0.663. The van der Waals surface area contributed by atoms with Crippen molar-refractivity contribution < 1.29 is 0 Å². The summed E-state index contributed by atoms with van der Waals surface area (Å²) in [6.45, 7) is 5.36. The van der Waals surface area contributed by atoms with E-state index in [0.717, 1.165) is 26.1 Å². The van der Waals surface area contributed by atoms with Crippen molar-refractivity contribution in [3.05, 3.63) is 47.6 Å². The Morgan fingerprint density at radius 3 is 2.92 bits per heavy atom. The SMILES string of the molecule is c1ccc2c(c1)ccn2CCCNCc1cnc(N2CCCC2)s1. The van der Waals surface area contributed by atoms with Crippen LogP contribution in [0.4, 0.5) is 5.13 Å². The van der Waals surface area contributed by atoms with Crippen molar-refractivity contribution in [2.75, 3.05) is 24.5 Å². The number of benzene rings is 1. The van der Waals surface area contributed by atoms with Gasteiger partial charge in [-0.3, -0.25) is 0 Å². The molecule has 0 unspecified atom stereocenters. The summed E-state index contributed by atoms with van der Waals surface area (Å²) in [5, 5.41) is 6.08. The van der Waals surface area contributed by atoms with Gasteiger partial charge in [0.25, 0.3) is 0 Å². The van der Waals surface area contributed by atoms with Crippen LogP contribution in [0.15, 0.2) is 42.7 Å². The predicted octanol–water partition coefficient (Wildman–Crippen LogP) is 3.88. The van der Waals surface area contributed by atoms with Gasteiger partial charge >= 0.3 is 0 Å². The van der Waals surface area contributed by atoms with Crippen LogP contribution in [0.1, 0.15) is 24.1 Å². The highest BCUT2D eigenvalue weighted by atomic mass is 32.1. The van der Waals surface area contributed by atoms with E-state index in [1.165, 1.54) is 46.8 Å². The Kier molecular flexibility index (Phi) is 4.81. The molecule has 3 heterocycles. The van der Waals surface area contributed by atoms with Gasteiger partial charge in [0.2, 0.25) is 0 Å². The van der Waals surface area contributed by atoms with Crippen molar-refractivity contribution in [1.82, 2.24) is 14.9 Å². The molecule has 2 aromatic heterocycles. The lowest BCUT2D eigenvalue weighted by Gasteiger charge is -2.12. The molecule has 0 radical (unpaired) electrons. The van der Waals surface area contributed by atoms with Crippen molar-refractivity contribution in [2.24, 2.45) is 0 Å². The summed E-state index contributed by atoms with van der Waals surface area (Å²) in [6.07, 6.45) is 7.97. The molecule has 126 valence electrons. The monoisotopic (exact) mass is 340 g/mol. The van der Waals surface area contributed by atoms with Crippen LogP contribution in [0.5, 0.6) is 0 Å². The Morgan fingerprint density at radius 1 is 1.12 bits per heavy atom. The van der Waals surface area contributed by atoms with Gasteiger partial charge in [-0.25, -0.2) is 4.98 Å². The molecule has 0 aliphatic carbocycles. The van der Waals surface area contributed by atoms with Crippen LogP contribution in [0.2, 0.25) is 0 Å². The number of nitrogens with zero attached hydrogens (tertiary/aromatic N) is 3. The van der Waals surface area contributed by atoms with Crippen LogP contribution in [-0.2, 0) is 13.1 Å². The number of hydrogen-bond acceptors (Lipinski definition) is 4. The zero-order chi connectivity index (χ0) is 16.2. The summed E-state index contributed by atoms with van der Waals surface area (Å²) >= 11 is 1.83. The van der Waals surface area contributed by atoms with Crippen molar-refractivity contribution >= 4 is 27.4 Å². The molecule has 5 heteroatoms. The van der Waals surface area contributed by atoms with Crippen LogP contribution >= 0.6 is 11.3 Å². The second kappa shape index (κ2) is 7.36. The Bertz CT molecular complexity index is 785. The second-order valence-electron chi connectivity index (χ2n) is 6.40. The summed E-state index contributed by atoms with van der Waals surface area (Å²) < 4.78 is 2.34. The third-order valence-electron chi connectivity index (χ3n) is 4.65. The molecule has 0 saturated carbocycles. The molecule has 1 aromatic carbocycles. The normalized spacial score (nSPS) is 14.8. The molecule has 3 aromatic rings. The largest absolute Gasteiger partial charge is 0.348 e. The number of thiazole rings is 1. The summed E-state index contributed by atoms with van der Waals surface area (Å²) in [6, 6.07) is 10.8. The van der Waals surface area contributed by atoms with E-state index in [0.29, 0.717) is 0 Å². The lowest BCUT2D eigenvalue weighted by atomic mass is 10.2. The van der Waals surface area contributed by atoms with Crippen LogP contribution in [0.3, 0.4) is 0 Å². The molecule has 0 amide bonds. The first-order valence-electron chi connectivity index (χ1n) is 8.84. The highest BCUT2D eigenvalue weighted by Gasteiger charge is 2.15. The third-order valence-corrected chi connectivity index (χ3v) is 5.71. The third kappa shape index (κ3) is 3.47. The fraction of sp³-hybridized carbons (Fsp3) is 0.421. The molecule has 24 heavy (non-hydrogen) atoms. The smallest absolute Gasteiger partial charge is 0.185 e. The van der Waals surface area contributed by atoms with E-state index in [1.54, 1.807) is 0 Å². The standard InChI is InChI=1S/C19H24N4S/c1-2-7-18-16(6-1)8-13-22(18)12-5-9-20-14-17-15-21-19(24-17)23-10-3-4-11-23/h1-2,6-8,13,15,20H,3-5,9-12,14H2. The van der Waals surface area contributed by atoms with Crippen molar-refractivity contribution in [2.45, 2.75) is 32.4 Å². The van der Waals surface area contributed by atoms with Gasteiger partial charge in [-0.15, -0.1) is 11.3 Å². The highest BCUT2D eigenvalue weighted by molar-refractivity contribution is 7.15. The minimum absolute atomic E-state index is 0.929. The first kappa shape index (κ1) is 15.7. The number of fused-ring (bicyclic) bond motifs is 1. The number of nitrogens with one attached hydrogen (secondary N) is 1. The molecule has 1 aliphatic rings. The van der Waals surface area contributed by atoms with Gasteiger partial charge in [0, 0.05) is 49.0 Å². The van der Waals surface area contributed by atoms with E-state index in [-0.39, 0.29) is 0 Å². The maximum Gasteiger partial charge on any atom is 0.185 e. The number of para-hydroxylation sites is 1. The van der Waals surface area contributed by atoms with Crippen molar-refractivity contribution in [3.8, 4) is 0 Å². The maximum atomic E-state index is 4.57. The first-order chi connectivity index (χ1) is 11.9. The lowest BCUT2D eigenvalue weighted by molar-refractivity contribution is 0.593. The number of rotatable bonds is 7. The van der Waals surface area contributed by atoms with E-state index in [1.807, 2.05) is 17.5 Å². The average Bonchev–Trinajstić information content (AvgIpc) is 3.35. The van der Waals surface area contributed by atoms with Gasteiger partial charge < -0.3 is 14.8 Å². The molecule has 4 rings (SSSR count). The minimum Gasteiger partial charge on any atom is -0.348 e. The molecule has 1 N–H and O–H groups in total. The molecule has 1 fully saturated rings. The molecule has 0 spiro atoms. The number of aryl methyl sites for hydroxylation is 1. The predicted molar refractivity (Wildman–Crippen MR) is 102 cm³/mol. The maximum absolute atomic E-state index is 4.57. The number of anilines is 1. The van der Waals surface area contributed by atoms with Gasteiger partial charge in [0.05, 0.1) is 0 Å². The van der Waals surface area contributed by atoms with Crippen LogP contribution in [0, 0.1) is 0 Å². The van der Waals surface area contributed by atoms with E-state index in [2.05, 4.69) is 56.3 Å². The van der Waals surface area contributed by atoms with Crippen molar-refractivity contribution in [3.63, 3.8) is 0 Å². The topological polar surface area (TPSA) is 33.1 Å². The first-order valence-corrected chi connectivity index (χ1v) is 9.66. The Hall–Kier alpha value is -1.85. The van der Waals surface area contributed by atoms with E-state index in [9.17, 15) is 0 Å². The molecule has 0 bridgehead atoms. The van der Waals surface area contributed by atoms with Crippen LogP contribution in [-0.4, -0.2) is 29.2 Å². The van der Waals surface area contributed by atoms with Gasteiger partial charge in [-0.1, -0.05) is 18.2 Å². The zero-order valence-corrected chi connectivity index (χ0v) is 14.8. The fourth-order valence-corrected chi connectivity index (χ4v) is 4.29. The van der Waals surface area contributed by atoms with Crippen molar-refractivity contribution in [1.29, 1.82) is 0 Å². The van der Waals surface area contributed by atoms with E-state index < -0.39 is 0 Å². The molecule has 0 atom stereocenters. The van der Waals surface area contributed by atoms with Gasteiger partial charge in [0.1, 0.15) is 0 Å². The highest BCUT2D eigenvalue weighted by Crippen LogP contribution is 2.25. The fourth-order valence-electron chi connectivity index (χ4n) is 3.36. The summed E-state index contributed by atoms with van der Waals surface area (Å²) in [4.78, 5) is 8.32. The lowest BCUT2D eigenvalue weighted by Crippen LogP contribution is -2.17. The molecular weight excluding hydrogens is 316 g/mol.